The molecular weight excluding hydrogens is 820 g/mol. The van der Waals surface area contributed by atoms with Gasteiger partial charge in [-0.3, -0.25) is 48.3 Å². The molecular formula is C36H66N14O12. The van der Waals surface area contributed by atoms with Gasteiger partial charge in [0.15, 0.2) is 11.9 Å². The molecule has 0 fully saturated rings. The van der Waals surface area contributed by atoms with Crippen molar-refractivity contribution in [2.75, 3.05) is 19.7 Å². The zero-order valence-electron chi connectivity index (χ0n) is 35.6. The van der Waals surface area contributed by atoms with Crippen LogP contribution in [0.5, 0.6) is 0 Å². The summed E-state index contributed by atoms with van der Waals surface area (Å²) >= 11 is 0. The van der Waals surface area contributed by atoms with Crippen LogP contribution in [0.2, 0.25) is 0 Å². The monoisotopic (exact) mass is 886 g/mol. The van der Waals surface area contributed by atoms with Gasteiger partial charge in [-0.25, -0.2) is 4.79 Å². The molecule has 0 aromatic heterocycles. The molecule has 0 saturated heterocycles. The summed E-state index contributed by atoms with van der Waals surface area (Å²) in [6.45, 7) is 6.13. The number of amides is 7. The zero-order chi connectivity index (χ0) is 47.7. The number of carbonyl (C=O) groups is 9. The average Bonchev–Trinajstić information content (AvgIpc) is 3.16. The highest BCUT2D eigenvalue weighted by Crippen LogP contribution is 2.11. The molecule has 62 heavy (non-hydrogen) atoms. The molecule has 7 atom stereocenters. The smallest absolute Gasteiger partial charge is 0.326 e. The minimum absolute atomic E-state index is 0.0244. The fraction of sp³-hybridized carbons (Fsp3) is 0.694. The molecule has 0 aromatic carbocycles. The number of aliphatic hydroxyl groups excluding tert-OH is 1. The highest BCUT2D eigenvalue weighted by molar-refractivity contribution is 5.98. The first-order valence-corrected chi connectivity index (χ1v) is 19.9. The Hall–Kier alpha value is -6.31. The van der Waals surface area contributed by atoms with E-state index in [4.69, 9.17) is 34.4 Å². The summed E-state index contributed by atoms with van der Waals surface area (Å²) in [6, 6.07) is -10.4. The lowest BCUT2D eigenvalue weighted by Gasteiger charge is -2.28. The number of primary amides is 1. The number of hydrogen-bond donors (Lipinski definition) is 15. The van der Waals surface area contributed by atoms with E-state index in [1.807, 2.05) is 0 Å². The largest absolute Gasteiger partial charge is 0.481 e. The number of aliphatic imine (C=N–C) groups is 2. The number of nitrogens with two attached hydrogens (primary N) is 6. The van der Waals surface area contributed by atoms with E-state index in [9.17, 15) is 58.5 Å². The Morgan fingerprint density at radius 2 is 0.871 bits per heavy atom. The van der Waals surface area contributed by atoms with Crippen LogP contribution in [0.1, 0.15) is 85.5 Å². The molecule has 0 bridgehead atoms. The Morgan fingerprint density at radius 1 is 0.516 bits per heavy atom. The second-order valence-electron chi connectivity index (χ2n) is 15.3. The molecule has 0 aliphatic heterocycles. The third kappa shape index (κ3) is 24.1. The van der Waals surface area contributed by atoms with Crippen LogP contribution in [0, 0.1) is 11.8 Å². The quantitative estimate of drug-likeness (QED) is 0.0175. The summed E-state index contributed by atoms with van der Waals surface area (Å²) in [5.74, 6) is -10.4. The standard InChI is InChI=1S/C36H66N14O12/c1-17(2)13-23(32(59)50-25(34(61)62)14-18(3)4)48-33(60)24(15-26(38)52)49-30(57)21(8-6-12-44-36(41)42)46-29(56)20(7-5-11-43-35(39)40)47-31(58)22(9-10-27(53)54)45-28(55)19(37)16-51/h17-25,51H,5-16,37H2,1-4H3,(H2,38,52)(H,45,55)(H,46,56)(H,47,58)(H,48,60)(H,49,57)(H,50,59)(H,53,54)(H,61,62)(H4,39,40,43)(H4,41,42,44)/t19-,20-,21-,22-,23-,24-,25-/m0/s1. The van der Waals surface area contributed by atoms with Gasteiger partial charge < -0.3 is 81.6 Å². The summed E-state index contributed by atoms with van der Waals surface area (Å²) < 4.78 is 0. The van der Waals surface area contributed by atoms with Gasteiger partial charge >= 0.3 is 11.9 Å². The second kappa shape index (κ2) is 29.0. The van der Waals surface area contributed by atoms with Gasteiger partial charge in [0.1, 0.15) is 42.3 Å². The van der Waals surface area contributed by atoms with Crippen LogP contribution >= 0.6 is 0 Å². The average molecular weight is 887 g/mol. The summed E-state index contributed by atoms with van der Waals surface area (Å²) in [7, 11) is 0. The van der Waals surface area contributed by atoms with E-state index in [0.717, 1.165) is 0 Å². The molecule has 0 saturated carbocycles. The minimum atomic E-state index is -1.72. The number of nitrogens with zero attached hydrogens (tertiary/aromatic N) is 2. The number of nitrogens with one attached hydrogen (secondary N) is 6. The Bertz CT molecular complexity index is 1600. The maximum absolute atomic E-state index is 13.9. The summed E-state index contributed by atoms with van der Waals surface area (Å²) in [5.41, 5.74) is 32.6. The van der Waals surface area contributed by atoms with Gasteiger partial charge in [0.05, 0.1) is 13.0 Å². The molecule has 26 nitrogen and oxygen atoms in total. The maximum atomic E-state index is 13.9. The van der Waals surface area contributed by atoms with E-state index < -0.39 is 121 Å². The molecule has 0 aromatic rings. The summed E-state index contributed by atoms with van der Waals surface area (Å²) in [5, 5.41) is 42.6. The van der Waals surface area contributed by atoms with Crippen LogP contribution < -0.4 is 66.3 Å². The SMILES string of the molecule is CC(C)C[C@H](NC(=O)[C@H](CC(C)C)NC(=O)[C@H](CC(N)=O)NC(=O)[C@H](CCCN=C(N)N)NC(=O)[C@H](CCCN=C(N)N)NC(=O)[C@H](CCC(=O)O)NC(=O)[C@@H](N)CO)C(=O)O. The van der Waals surface area contributed by atoms with Crippen LogP contribution in [0.4, 0.5) is 0 Å². The molecule has 26 heteroatoms. The van der Waals surface area contributed by atoms with Gasteiger partial charge in [0.2, 0.25) is 41.4 Å². The molecule has 352 valence electrons. The number of carboxylic acids is 2. The van der Waals surface area contributed by atoms with Crippen molar-refractivity contribution in [3.05, 3.63) is 0 Å². The number of rotatable bonds is 31. The Balaban J connectivity index is 6.75. The molecule has 7 amide bonds. The van der Waals surface area contributed by atoms with Crippen molar-refractivity contribution in [3.8, 4) is 0 Å². The van der Waals surface area contributed by atoms with Crippen LogP contribution in [0.25, 0.3) is 0 Å². The lowest BCUT2D eigenvalue weighted by Crippen LogP contribution is -2.60. The molecule has 0 aliphatic carbocycles. The van der Waals surface area contributed by atoms with Crippen LogP contribution in [0.15, 0.2) is 9.98 Å². The minimum Gasteiger partial charge on any atom is -0.481 e. The van der Waals surface area contributed by atoms with Gasteiger partial charge in [-0.15, -0.1) is 0 Å². The first-order valence-electron chi connectivity index (χ1n) is 19.9. The third-order valence-corrected chi connectivity index (χ3v) is 8.67. The molecule has 0 aliphatic rings. The van der Waals surface area contributed by atoms with E-state index in [0.29, 0.717) is 0 Å². The van der Waals surface area contributed by atoms with Crippen molar-refractivity contribution in [2.24, 2.45) is 56.2 Å². The van der Waals surface area contributed by atoms with Crippen molar-refractivity contribution in [3.63, 3.8) is 0 Å². The molecule has 21 N–H and O–H groups in total. The number of carboxylic acid groups (broad SMARTS) is 2. The molecule has 0 unspecified atom stereocenters. The predicted molar refractivity (Wildman–Crippen MR) is 224 cm³/mol. The van der Waals surface area contributed by atoms with Crippen molar-refractivity contribution in [1.29, 1.82) is 0 Å². The molecule has 0 heterocycles. The van der Waals surface area contributed by atoms with Crippen LogP contribution in [0.3, 0.4) is 0 Å². The van der Waals surface area contributed by atoms with Gasteiger partial charge in [-0.1, -0.05) is 27.7 Å². The first-order chi connectivity index (χ1) is 28.9. The summed E-state index contributed by atoms with van der Waals surface area (Å²) in [4.78, 5) is 124. The van der Waals surface area contributed by atoms with E-state index in [-0.39, 0.29) is 75.4 Å². The highest BCUT2D eigenvalue weighted by Gasteiger charge is 2.34. The van der Waals surface area contributed by atoms with E-state index in [1.165, 1.54) is 0 Å². The van der Waals surface area contributed by atoms with E-state index in [1.54, 1.807) is 27.7 Å². The first kappa shape index (κ1) is 55.7. The highest BCUT2D eigenvalue weighted by atomic mass is 16.4. The maximum Gasteiger partial charge on any atom is 0.326 e. The second-order valence-corrected chi connectivity index (χ2v) is 15.3. The van der Waals surface area contributed by atoms with Gasteiger partial charge in [0, 0.05) is 19.5 Å². The Labute approximate surface area is 358 Å². The van der Waals surface area contributed by atoms with Crippen molar-refractivity contribution < 1.29 is 58.5 Å². The number of hydrogen-bond acceptors (Lipinski definition) is 13. The lowest BCUT2D eigenvalue weighted by molar-refractivity contribution is -0.143. The number of aliphatic hydroxyl groups is 1. The topological polar surface area (TPSA) is 467 Å². The fourth-order valence-electron chi connectivity index (χ4n) is 5.61. The lowest BCUT2D eigenvalue weighted by atomic mass is 10.00. The molecule has 0 radical (unpaired) electrons. The molecule has 0 spiro atoms. The van der Waals surface area contributed by atoms with Gasteiger partial charge in [-0.2, -0.15) is 0 Å². The third-order valence-electron chi connectivity index (χ3n) is 8.67. The van der Waals surface area contributed by atoms with Gasteiger partial charge in [-0.05, 0) is 56.8 Å². The molecule has 0 rings (SSSR count). The predicted octanol–water partition coefficient (Wildman–Crippen LogP) is -5.76. The Morgan fingerprint density at radius 3 is 1.26 bits per heavy atom. The van der Waals surface area contributed by atoms with Crippen molar-refractivity contribution in [2.45, 2.75) is 128 Å². The van der Waals surface area contributed by atoms with Gasteiger partial charge in [0.25, 0.3) is 0 Å². The van der Waals surface area contributed by atoms with E-state index in [2.05, 4.69) is 41.9 Å². The van der Waals surface area contributed by atoms with Crippen molar-refractivity contribution >= 4 is 65.2 Å². The number of carbonyl (C=O) groups excluding carboxylic acids is 7. The van der Waals surface area contributed by atoms with Crippen molar-refractivity contribution in [1.82, 2.24) is 31.9 Å². The Kier molecular flexibility index (Phi) is 26.1. The normalized spacial score (nSPS) is 14.3. The zero-order valence-corrected chi connectivity index (χ0v) is 35.6. The fourth-order valence-corrected chi connectivity index (χ4v) is 5.61. The number of aliphatic carboxylic acids is 2. The summed E-state index contributed by atoms with van der Waals surface area (Å²) in [6.07, 6.45) is -1.99. The van der Waals surface area contributed by atoms with E-state index >= 15 is 0 Å². The van der Waals surface area contributed by atoms with Crippen LogP contribution in [-0.4, -0.2) is 143 Å². The van der Waals surface area contributed by atoms with Crippen LogP contribution in [-0.2, 0) is 43.2 Å². The number of guanidine groups is 2.